The third-order valence-electron chi connectivity index (χ3n) is 2.87. The van der Waals surface area contributed by atoms with Crippen molar-refractivity contribution < 1.29 is 4.39 Å². The number of alkyl halides is 1. The van der Waals surface area contributed by atoms with Crippen LogP contribution in [0.2, 0.25) is 0 Å². The number of hydrogen-bond acceptors (Lipinski definition) is 0. The number of rotatable bonds is 5. The summed E-state index contributed by atoms with van der Waals surface area (Å²) in [6, 6.07) is 6.78. The highest BCUT2D eigenvalue weighted by Gasteiger charge is 2.17. The summed E-state index contributed by atoms with van der Waals surface area (Å²) in [7, 11) is 0. The molecule has 0 saturated carbocycles. The maximum atomic E-state index is 13.1. The molecule has 0 aliphatic heterocycles. The van der Waals surface area contributed by atoms with Gasteiger partial charge in [-0.25, -0.2) is 4.39 Å². The number of halogens is 2. The quantitative estimate of drug-likeness (QED) is 0.647. The molecular formula is C13H18ClF. The maximum absolute atomic E-state index is 13.1. The molecule has 0 N–H and O–H groups in total. The monoisotopic (exact) mass is 228 g/mol. The van der Waals surface area contributed by atoms with Crippen molar-refractivity contribution in [1.29, 1.82) is 0 Å². The van der Waals surface area contributed by atoms with E-state index in [1.807, 2.05) is 6.07 Å². The molecule has 84 valence electrons. The van der Waals surface area contributed by atoms with E-state index in [0.29, 0.717) is 11.8 Å². The highest BCUT2D eigenvalue weighted by Crippen LogP contribution is 2.29. The Hall–Kier alpha value is -0.560. The summed E-state index contributed by atoms with van der Waals surface area (Å²) in [5.74, 6) is 1.16. The summed E-state index contributed by atoms with van der Waals surface area (Å²) in [6.45, 7) is 4.34. The van der Waals surface area contributed by atoms with Crippen molar-refractivity contribution in [2.45, 2.75) is 32.6 Å². The summed E-state index contributed by atoms with van der Waals surface area (Å²) in [4.78, 5) is 0. The summed E-state index contributed by atoms with van der Waals surface area (Å²) < 4.78 is 13.1. The van der Waals surface area contributed by atoms with Gasteiger partial charge in [-0.1, -0.05) is 38.8 Å². The highest BCUT2D eigenvalue weighted by molar-refractivity contribution is 6.18. The molecule has 15 heavy (non-hydrogen) atoms. The lowest BCUT2D eigenvalue weighted by atomic mass is 9.86. The predicted octanol–water partition coefficient (Wildman–Crippen LogP) is 4.58. The van der Waals surface area contributed by atoms with Crippen LogP contribution in [0.25, 0.3) is 0 Å². The average Bonchev–Trinajstić information content (AvgIpc) is 2.19. The minimum Gasteiger partial charge on any atom is -0.207 e. The van der Waals surface area contributed by atoms with Gasteiger partial charge in [0, 0.05) is 11.8 Å². The van der Waals surface area contributed by atoms with E-state index < -0.39 is 0 Å². The van der Waals surface area contributed by atoms with Gasteiger partial charge in [-0.15, -0.1) is 11.6 Å². The molecule has 0 aromatic heterocycles. The van der Waals surface area contributed by atoms with Gasteiger partial charge in [-0.05, 0) is 23.6 Å². The molecule has 0 fully saturated rings. The Morgan fingerprint density at radius 2 is 2.13 bits per heavy atom. The molecule has 0 aliphatic carbocycles. The fourth-order valence-corrected chi connectivity index (χ4v) is 2.45. The first-order valence-corrected chi connectivity index (χ1v) is 6.04. The molecule has 0 spiro atoms. The van der Waals surface area contributed by atoms with Crippen LogP contribution >= 0.6 is 11.6 Å². The molecule has 0 bridgehead atoms. The lowest BCUT2D eigenvalue weighted by Gasteiger charge is -2.21. The second-order valence-electron chi connectivity index (χ2n) is 4.08. The van der Waals surface area contributed by atoms with Crippen molar-refractivity contribution in [2.75, 3.05) is 5.88 Å². The molecule has 0 nitrogen and oxygen atoms in total. The Morgan fingerprint density at radius 1 is 1.40 bits per heavy atom. The summed E-state index contributed by atoms with van der Waals surface area (Å²) in [6.07, 6.45) is 2.28. The minimum atomic E-state index is -0.175. The van der Waals surface area contributed by atoms with Gasteiger partial charge >= 0.3 is 0 Å². The topological polar surface area (TPSA) is 0 Å². The lowest BCUT2D eigenvalue weighted by molar-refractivity contribution is 0.449. The molecular weight excluding hydrogens is 211 g/mol. The zero-order valence-corrected chi connectivity index (χ0v) is 10.1. The van der Waals surface area contributed by atoms with Crippen LogP contribution in [-0.2, 0) is 0 Å². The Kier molecular flexibility index (Phi) is 5.10. The Labute approximate surface area is 96.5 Å². The van der Waals surface area contributed by atoms with Crippen LogP contribution in [0.1, 0.15) is 38.2 Å². The second kappa shape index (κ2) is 6.12. The SMILES string of the molecule is CCCC(C)C(CCl)c1cccc(F)c1. The van der Waals surface area contributed by atoms with Gasteiger partial charge in [-0.2, -0.15) is 0 Å². The lowest BCUT2D eigenvalue weighted by Crippen LogP contribution is -2.11. The van der Waals surface area contributed by atoms with Gasteiger partial charge < -0.3 is 0 Å². The van der Waals surface area contributed by atoms with Gasteiger partial charge in [0.15, 0.2) is 0 Å². The van der Waals surface area contributed by atoms with Crippen LogP contribution in [0.4, 0.5) is 4.39 Å². The van der Waals surface area contributed by atoms with Crippen molar-refractivity contribution in [2.24, 2.45) is 5.92 Å². The van der Waals surface area contributed by atoms with E-state index in [9.17, 15) is 4.39 Å². The van der Waals surface area contributed by atoms with E-state index in [-0.39, 0.29) is 11.7 Å². The molecule has 0 saturated heterocycles. The van der Waals surface area contributed by atoms with E-state index >= 15 is 0 Å². The smallest absolute Gasteiger partial charge is 0.123 e. The van der Waals surface area contributed by atoms with Gasteiger partial charge in [0.2, 0.25) is 0 Å². The molecule has 0 radical (unpaired) electrons. The van der Waals surface area contributed by atoms with Crippen molar-refractivity contribution >= 4 is 11.6 Å². The van der Waals surface area contributed by atoms with E-state index in [2.05, 4.69) is 13.8 Å². The van der Waals surface area contributed by atoms with Crippen LogP contribution in [0, 0.1) is 11.7 Å². The first-order chi connectivity index (χ1) is 7.19. The minimum absolute atomic E-state index is 0.175. The first-order valence-electron chi connectivity index (χ1n) is 5.50. The van der Waals surface area contributed by atoms with Crippen LogP contribution in [-0.4, -0.2) is 5.88 Å². The third kappa shape index (κ3) is 3.49. The van der Waals surface area contributed by atoms with Gasteiger partial charge in [-0.3, -0.25) is 0 Å². The Bertz CT molecular complexity index is 298. The molecule has 0 aliphatic rings. The summed E-state index contributed by atoms with van der Waals surface area (Å²) in [5.41, 5.74) is 1.02. The molecule has 1 rings (SSSR count). The fraction of sp³-hybridized carbons (Fsp3) is 0.538. The van der Waals surface area contributed by atoms with E-state index in [1.165, 1.54) is 6.07 Å². The van der Waals surface area contributed by atoms with Crippen LogP contribution < -0.4 is 0 Å². The Morgan fingerprint density at radius 3 is 2.67 bits per heavy atom. The fourth-order valence-electron chi connectivity index (χ4n) is 1.96. The van der Waals surface area contributed by atoms with Crippen molar-refractivity contribution in [3.05, 3.63) is 35.6 Å². The number of hydrogen-bond donors (Lipinski definition) is 0. The van der Waals surface area contributed by atoms with Crippen molar-refractivity contribution in [1.82, 2.24) is 0 Å². The molecule has 1 aromatic rings. The zero-order chi connectivity index (χ0) is 11.3. The molecule has 2 heteroatoms. The molecule has 2 unspecified atom stereocenters. The normalized spacial score (nSPS) is 14.9. The second-order valence-corrected chi connectivity index (χ2v) is 4.39. The highest BCUT2D eigenvalue weighted by atomic mass is 35.5. The first kappa shape index (κ1) is 12.5. The predicted molar refractivity (Wildman–Crippen MR) is 63.9 cm³/mol. The van der Waals surface area contributed by atoms with E-state index in [4.69, 9.17) is 11.6 Å². The zero-order valence-electron chi connectivity index (χ0n) is 9.34. The molecule has 1 aromatic carbocycles. The van der Waals surface area contributed by atoms with E-state index in [0.717, 1.165) is 18.4 Å². The Balaban J connectivity index is 2.82. The summed E-state index contributed by atoms with van der Waals surface area (Å²) in [5, 5.41) is 0. The van der Waals surface area contributed by atoms with Gasteiger partial charge in [0.25, 0.3) is 0 Å². The largest absolute Gasteiger partial charge is 0.207 e. The number of benzene rings is 1. The molecule has 0 heterocycles. The molecule has 2 atom stereocenters. The van der Waals surface area contributed by atoms with Crippen molar-refractivity contribution in [3.8, 4) is 0 Å². The maximum Gasteiger partial charge on any atom is 0.123 e. The van der Waals surface area contributed by atoms with E-state index in [1.54, 1.807) is 12.1 Å². The summed E-state index contributed by atoms with van der Waals surface area (Å²) >= 11 is 5.96. The van der Waals surface area contributed by atoms with Crippen LogP contribution in [0.15, 0.2) is 24.3 Å². The average molecular weight is 229 g/mol. The van der Waals surface area contributed by atoms with Crippen LogP contribution in [0.3, 0.4) is 0 Å². The third-order valence-corrected chi connectivity index (χ3v) is 3.21. The van der Waals surface area contributed by atoms with Crippen molar-refractivity contribution in [3.63, 3.8) is 0 Å². The van der Waals surface area contributed by atoms with Gasteiger partial charge in [0.05, 0.1) is 0 Å². The standard InChI is InChI=1S/C13H18ClF/c1-3-5-10(2)13(9-14)11-6-4-7-12(15)8-11/h4,6-8,10,13H,3,5,9H2,1-2H3. The van der Waals surface area contributed by atoms with Gasteiger partial charge in [0.1, 0.15) is 5.82 Å². The van der Waals surface area contributed by atoms with Crippen LogP contribution in [0.5, 0.6) is 0 Å². The molecule has 0 amide bonds.